The van der Waals surface area contributed by atoms with Crippen LogP contribution in [-0.4, -0.2) is 36.4 Å². The first-order chi connectivity index (χ1) is 12.7. The molecule has 138 valence electrons. The minimum absolute atomic E-state index is 0.164. The third kappa shape index (κ3) is 4.62. The highest BCUT2D eigenvalue weighted by Gasteiger charge is 2.15. The number of hydrogen-bond donors (Lipinski definition) is 2. The first-order valence-corrected chi connectivity index (χ1v) is 8.79. The van der Waals surface area contributed by atoms with Gasteiger partial charge in [0, 0.05) is 6.04 Å². The number of carbonyl (C=O) groups is 1. The first-order valence-electron chi connectivity index (χ1n) is 8.79. The Morgan fingerprint density at radius 2 is 1.73 bits per heavy atom. The maximum Gasteiger partial charge on any atom is 0.229 e. The summed E-state index contributed by atoms with van der Waals surface area (Å²) in [5.74, 6) is 2.25. The van der Waals surface area contributed by atoms with E-state index in [4.69, 9.17) is 9.47 Å². The van der Waals surface area contributed by atoms with Crippen LogP contribution in [0.2, 0.25) is 0 Å². The summed E-state index contributed by atoms with van der Waals surface area (Å²) in [4.78, 5) is 12.2. The highest BCUT2D eigenvalue weighted by Crippen LogP contribution is 2.27. The van der Waals surface area contributed by atoms with Crippen molar-refractivity contribution in [3.05, 3.63) is 35.9 Å². The van der Waals surface area contributed by atoms with Crippen molar-refractivity contribution in [1.82, 2.24) is 10.2 Å². The van der Waals surface area contributed by atoms with Crippen molar-refractivity contribution in [2.24, 2.45) is 0 Å². The molecule has 1 fully saturated rings. The van der Waals surface area contributed by atoms with Gasteiger partial charge in [0.2, 0.25) is 5.91 Å². The van der Waals surface area contributed by atoms with Gasteiger partial charge < -0.3 is 20.1 Å². The van der Waals surface area contributed by atoms with Gasteiger partial charge >= 0.3 is 0 Å². The molecule has 0 atom stereocenters. The quantitative estimate of drug-likeness (QED) is 0.793. The Hall–Kier alpha value is -2.83. The summed E-state index contributed by atoms with van der Waals surface area (Å²) in [6, 6.07) is 9.49. The van der Waals surface area contributed by atoms with Crippen molar-refractivity contribution >= 4 is 17.5 Å². The van der Waals surface area contributed by atoms with Crippen LogP contribution in [-0.2, 0) is 11.2 Å². The van der Waals surface area contributed by atoms with Gasteiger partial charge in [-0.2, -0.15) is 0 Å². The van der Waals surface area contributed by atoms with Gasteiger partial charge in [-0.3, -0.25) is 4.79 Å². The molecule has 1 aromatic heterocycles. The molecular weight excluding hydrogens is 332 g/mol. The topological polar surface area (TPSA) is 85.4 Å². The van der Waals surface area contributed by atoms with Gasteiger partial charge in [0.05, 0.1) is 20.6 Å². The largest absolute Gasteiger partial charge is 0.493 e. The molecule has 1 aliphatic carbocycles. The molecule has 0 aliphatic heterocycles. The Bertz CT molecular complexity index is 743. The number of carbonyl (C=O) groups excluding carboxylic acids is 1. The summed E-state index contributed by atoms with van der Waals surface area (Å²) in [6.07, 6.45) is 5.08. The van der Waals surface area contributed by atoms with Gasteiger partial charge in [0.15, 0.2) is 17.3 Å². The zero-order chi connectivity index (χ0) is 18.4. The van der Waals surface area contributed by atoms with Crippen LogP contribution < -0.4 is 20.1 Å². The van der Waals surface area contributed by atoms with Crippen LogP contribution in [0.4, 0.5) is 11.6 Å². The van der Waals surface area contributed by atoms with Gasteiger partial charge in [-0.1, -0.05) is 18.9 Å². The van der Waals surface area contributed by atoms with E-state index in [1.807, 2.05) is 12.1 Å². The Kier molecular flexibility index (Phi) is 5.88. The Morgan fingerprint density at radius 3 is 2.38 bits per heavy atom. The normalized spacial score (nSPS) is 14.1. The second-order valence-electron chi connectivity index (χ2n) is 6.34. The average Bonchev–Trinajstić information content (AvgIpc) is 3.16. The third-order valence-electron chi connectivity index (χ3n) is 4.45. The van der Waals surface area contributed by atoms with Gasteiger partial charge in [0.25, 0.3) is 0 Å². The van der Waals surface area contributed by atoms with Crippen LogP contribution in [0.15, 0.2) is 30.3 Å². The molecule has 0 saturated heterocycles. The summed E-state index contributed by atoms with van der Waals surface area (Å²) in [6.45, 7) is 0. The molecule has 1 aromatic carbocycles. The number of hydrogen-bond acceptors (Lipinski definition) is 6. The van der Waals surface area contributed by atoms with E-state index in [1.165, 1.54) is 25.7 Å². The second-order valence-corrected chi connectivity index (χ2v) is 6.34. The predicted octanol–water partition coefficient (Wildman–Crippen LogP) is 3.03. The van der Waals surface area contributed by atoms with E-state index in [0.717, 1.165) is 11.4 Å². The van der Waals surface area contributed by atoms with Gasteiger partial charge in [-0.05, 0) is 42.7 Å². The van der Waals surface area contributed by atoms with Crippen molar-refractivity contribution in [1.29, 1.82) is 0 Å². The number of methoxy groups -OCH3 is 2. The summed E-state index contributed by atoms with van der Waals surface area (Å²) in [7, 11) is 3.15. The molecule has 1 saturated carbocycles. The van der Waals surface area contributed by atoms with Crippen LogP contribution in [0.5, 0.6) is 11.5 Å². The maximum atomic E-state index is 12.2. The molecule has 3 rings (SSSR count). The zero-order valence-corrected chi connectivity index (χ0v) is 15.1. The van der Waals surface area contributed by atoms with Crippen molar-refractivity contribution < 1.29 is 14.3 Å². The van der Waals surface area contributed by atoms with Crippen molar-refractivity contribution in [2.45, 2.75) is 38.1 Å². The summed E-state index contributed by atoms with van der Waals surface area (Å²) < 4.78 is 10.5. The smallest absolute Gasteiger partial charge is 0.229 e. The van der Waals surface area contributed by atoms with Gasteiger partial charge in [-0.15, -0.1) is 10.2 Å². The van der Waals surface area contributed by atoms with Crippen LogP contribution in [0, 0.1) is 0 Å². The summed E-state index contributed by atoms with van der Waals surface area (Å²) >= 11 is 0. The minimum atomic E-state index is -0.164. The number of rotatable bonds is 7. The van der Waals surface area contributed by atoms with E-state index in [0.29, 0.717) is 23.4 Å². The summed E-state index contributed by atoms with van der Waals surface area (Å²) in [5, 5.41) is 14.4. The fraction of sp³-hybridized carbons (Fsp3) is 0.421. The number of aromatic nitrogens is 2. The lowest BCUT2D eigenvalue weighted by Gasteiger charge is -2.12. The SMILES string of the molecule is COc1ccc(CC(=O)Nc2ccc(NC3CCCC3)nn2)cc1OC. The molecule has 1 heterocycles. The Morgan fingerprint density at radius 1 is 1.04 bits per heavy atom. The number of ether oxygens (including phenoxy) is 2. The molecule has 1 aliphatic rings. The molecule has 2 N–H and O–H groups in total. The van der Waals surface area contributed by atoms with E-state index >= 15 is 0 Å². The fourth-order valence-corrected chi connectivity index (χ4v) is 3.12. The monoisotopic (exact) mass is 356 g/mol. The lowest BCUT2D eigenvalue weighted by Crippen LogP contribution is -2.18. The molecule has 0 spiro atoms. The maximum absolute atomic E-state index is 12.2. The molecule has 7 nitrogen and oxygen atoms in total. The highest BCUT2D eigenvalue weighted by molar-refractivity contribution is 5.91. The van der Waals surface area contributed by atoms with Crippen molar-refractivity contribution in [3.8, 4) is 11.5 Å². The fourth-order valence-electron chi connectivity index (χ4n) is 3.12. The van der Waals surface area contributed by atoms with Crippen molar-refractivity contribution in [2.75, 3.05) is 24.9 Å². The highest BCUT2D eigenvalue weighted by atomic mass is 16.5. The molecule has 2 aromatic rings. The van der Waals surface area contributed by atoms with Crippen LogP contribution >= 0.6 is 0 Å². The number of anilines is 2. The molecule has 0 unspecified atom stereocenters. The number of amides is 1. The lowest BCUT2D eigenvalue weighted by molar-refractivity contribution is -0.115. The molecule has 7 heteroatoms. The molecule has 0 radical (unpaired) electrons. The van der Waals surface area contributed by atoms with Crippen molar-refractivity contribution in [3.63, 3.8) is 0 Å². The van der Waals surface area contributed by atoms with E-state index < -0.39 is 0 Å². The molecule has 26 heavy (non-hydrogen) atoms. The number of nitrogens with one attached hydrogen (secondary N) is 2. The first kappa shape index (κ1) is 18.0. The van der Waals surface area contributed by atoms with E-state index in [9.17, 15) is 4.79 Å². The molecule has 1 amide bonds. The number of benzene rings is 1. The van der Waals surface area contributed by atoms with E-state index in [2.05, 4.69) is 20.8 Å². The minimum Gasteiger partial charge on any atom is -0.493 e. The second kappa shape index (κ2) is 8.51. The number of nitrogens with zero attached hydrogens (tertiary/aromatic N) is 2. The van der Waals surface area contributed by atoms with Gasteiger partial charge in [-0.25, -0.2) is 0 Å². The van der Waals surface area contributed by atoms with Crippen LogP contribution in [0.3, 0.4) is 0 Å². The molecule has 0 bridgehead atoms. The van der Waals surface area contributed by atoms with Gasteiger partial charge in [0.1, 0.15) is 5.82 Å². The standard InChI is InChI=1S/C19H24N4O3/c1-25-15-8-7-13(11-16(15)26-2)12-19(24)21-18-10-9-17(22-23-18)20-14-5-3-4-6-14/h7-11,14H,3-6,12H2,1-2H3,(H,20,22)(H,21,23,24). The average molecular weight is 356 g/mol. The Balaban J connectivity index is 1.56. The zero-order valence-electron chi connectivity index (χ0n) is 15.1. The predicted molar refractivity (Wildman–Crippen MR) is 99.8 cm³/mol. The van der Waals surface area contributed by atoms with Crippen LogP contribution in [0.1, 0.15) is 31.2 Å². The summed E-state index contributed by atoms with van der Waals surface area (Å²) in [5.41, 5.74) is 0.827. The van der Waals surface area contributed by atoms with Crippen LogP contribution in [0.25, 0.3) is 0 Å². The third-order valence-corrected chi connectivity index (χ3v) is 4.45. The Labute approximate surface area is 153 Å². The van der Waals surface area contributed by atoms with E-state index in [-0.39, 0.29) is 12.3 Å². The lowest BCUT2D eigenvalue weighted by atomic mass is 10.1. The molecular formula is C19H24N4O3. The van der Waals surface area contributed by atoms with E-state index in [1.54, 1.807) is 32.4 Å².